The van der Waals surface area contributed by atoms with Gasteiger partial charge >= 0.3 is 5.97 Å². The molecule has 0 radical (unpaired) electrons. The third-order valence-electron chi connectivity index (χ3n) is 3.35. The van der Waals surface area contributed by atoms with Crippen LogP contribution in [0.25, 0.3) is 0 Å². The molecule has 0 unspecified atom stereocenters. The Morgan fingerprint density at radius 3 is 2.65 bits per heavy atom. The minimum Gasteiger partial charge on any atom is -0.487 e. The van der Waals surface area contributed by atoms with Gasteiger partial charge in [0.25, 0.3) is 0 Å². The van der Waals surface area contributed by atoms with E-state index in [1.807, 2.05) is 24.3 Å². The van der Waals surface area contributed by atoms with Crippen molar-refractivity contribution in [3.05, 3.63) is 38.8 Å². The summed E-state index contributed by atoms with van der Waals surface area (Å²) in [6.45, 7) is 0.420. The predicted molar refractivity (Wildman–Crippen MR) is 93.4 cm³/mol. The molecule has 0 fully saturated rings. The molecule has 23 heavy (non-hydrogen) atoms. The number of amides is 1. The van der Waals surface area contributed by atoms with Gasteiger partial charge in [-0.1, -0.05) is 12.2 Å². The van der Waals surface area contributed by atoms with Crippen molar-refractivity contribution in [2.75, 3.05) is 13.7 Å². The molecule has 0 saturated carbocycles. The van der Waals surface area contributed by atoms with Crippen molar-refractivity contribution in [1.29, 1.82) is 0 Å². The van der Waals surface area contributed by atoms with Crippen molar-refractivity contribution in [2.24, 2.45) is 0 Å². The van der Waals surface area contributed by atoms with Crippen LogP contribution < -0.4 is 10.1 Å². The third kappa shape index (κ3) is 5.07. The Morgan fingerprint density at radius 2 is 2.00 bits per heavy atom. The maximum atomic E-state index is 12.0. The van der Waals surface area contributed by atoms with Crippen molar-refractivity contribution in [1.82, 2.24) is 5.32 Å². The van der Waals surface area contributed by atoms with Crippen molar-refractivity contribution >= 4 is 43.7 Å². The first-order chi connectivity index (χ1) is 11.0. The molecule has 1 atom stereocenters. The number of carbonyl (C=O) groups is 2. The van der Waals surface area contributed by atoms with Gasteiger partial charge in [0.15, 0.2) is 0 Å². The molecule has 2 heterocycles. The Hall–Kier alpha value is -1.34. The Labute approximate surface area is 151 Å². The predicted octanol–water partition coefficient (Wildman–Crippen LogP) is 3.14. The van der Waals surface area contributed by atoms with Gasteiger partial charge in [-0.3, -0.25) is 4.79 Å². The third-order valence-corrected chi connectivity index (χ3v) is 4.53. The highest BCUT2D eigenvalue weighted by molar-refractivity contribution is 9.11. The molecule has 2 aliphatic heterocycles. The van der Waals surface area contributed by atoms with Crippen molar-refractivity contribution in [2.45, 2.75) is 25.3 Å². The van der Waals surface area contributed by atoms with Gasteiger partial charge in [0.1, 0.15) is 18.4 Å². The van der Waals surface area contributed by atoms with Gasteiger partial charge in [0.05, 0.1) is 16.1 Å². The lowest BCUT2D eigenvalue weighted by Gasteiger charge is -2.18. The van der Waals surface area contributed by atoms with E-state index in [2.05, 4.69) is 37.2 Å². The number of carbonyl (C=O) groups excluding carboxylic acids is 2. The maximum absolute atomic E-state index is 12.0. The first-order valence-electron chi connectivity index (χ1n) is 7.14. The average molecular weight is 447 g/mol. The molecule has 7 heteroatoms. The molecule has 1 N–H and O–H groups in total. The first-order valence-corrected chi connectivity index (χ1v) is 8.72. The quantitative estimate of drug-likeness (QED) is 0.531. The Bertz CT molecular complexity index is 608. The zero-order chi connectivity index (χ0) is 16.8. The number of allylic oxidation sites excluding steroid dienone is 1. The zero-order valence-electron chi connectivity index (χ0n) is 12.6. The highest BCUT2D eigenvalue weighted by atomic mass is 79.9. The summed E-state index contributed by atoms with van der Waals surface area (Å²) >= 11 is 6.95. The van der Waals surface area contributed by atoms with Gasteiger partial charge in [0, 0.05) is 12.8 Å². The van der Waals surface area contributed by atoms with Crippen LogP contribution in [0.3, 0.4) is 0 Å². The number of rotatable bonds is 1. The van der Waals surface area contributed by atoms with Crippen LogP contribution in [0.2, 0.25) is 0 Å². The highest BCUT2D eigenvalue weighted by Gasteiger charge is 2.23. The number of fused-ring (bicyclic) bond motifs is 10. The number of esters is 1. The fourth-order valence-electron chi connectivity index (χ4n) is 2.24. The molecule has 1 aromatic carbocycles. The molecule has 3 rings (SSSR count). The molecule has 0 spiro atoms. The largest absolute Gasteiger partial charge is 0.487 e. The van der Waals surface area contributed by atoms with Gasteiger partial charge in [-0.05, 0) is 56.0 Å². The topological polar surface area (TPSA) is 64.6 Å². The summed E-state index contributed by atoms with van der Waals surface area (Å²) < 4.78 is 12.1. The lowest BCUT2D eigenvalue weighted by atomic mass is 10.1. The van der Waals surface area contributed by atoms with Gasteiger partial charge < -0.3 is 14.8 Å². The lowest BCUT2D eigenvalue weighted by molar-refractivity contribution is -0.145. The van der Waals surface area contributed by atoms with E-state index in [1.54, 1.807) is 0 Å². The lowest BCUT2D eigenvalue weighted by Crippen LogP contribution is -2.43. The van der Waals surface area contributed by atoms with E-state index in [-0.39, 0.29) is 5.91 Å². The number of nitrogens with one attached hydrogen (secondary N) is 1. The van der Waals surface area contributed by atoms with E-state index in [0.717, 1.165) is 14.5 Å². The summed E-state index contributed by atoms with van der Waals surface area (Å²) in [5.74, 6) is 0.0560. The number of halogens is 2. The van der Waals surface area contributed by atoms with Crippen LogP contribution >= 0.6 is 31.9 Å². The second kappa shape index (κ2) is 8.49. The first kappa shape index (κ1) is 18.0. The van der Waals surface area contributed by atoms with Crippen LogP contribution in [0, 0.1) is 0 Å². The van der Waals surface area contributed by atoms with Gasteiger partial charge in [-0.2, -0.15) is 0 Å². The van der Waals surface area contributed by atoms with Crippen LogP contribution in [-0.2, 0) is 20.7 Å². The summed E-state index contributed by atoms with van der Waals surface area (Å²) in [5.41, 5.74) is 0.874. The number of ether oxygens (including phenoxy) is 2. The second-order valence-corrected chi connectivity index (χ2v) is 6.77. The molecule has 5 nitrogen and oxygen atoms in total. The molecule has 0 aliphatic carbocycles. The van der Waals surface area contributed by atoms with Gasteiger partial charge in [-0.15, -0.1) is 0 Å². The molecular weight excluding hydrogens is 430 g/mol. The number of benzene rings is 1. The van der Waals surface area contributed by atoms with Crippen LogP contribution in [-0.4, -0.2) is 31.6 Å². The van der Waals surface area contributed by atoms with E-state index in [4.69, 9.17) is 9.47 Å². The molecule has 0 aromatic heterocycles. The van der Waals surface area contributed by atoms with E-state index in [0.29, 0.717) is 31.6 Å². The maximum Gasteiger partial charge on any atom is 0.328 e. The van der Waals surface area contributed by atoms with E-state index in [1.165, 1.54) is 7.11 Å². The smallest absolute Gasteiger partial charge is 0.328 e. The second-order valence-electron chi connectivity index (χ2n) is 5.06. The van der Waals surface area contributed by atoms with Crippen LogP contribution in [0.5, 0.6) is 5.75 Å². The van der Waals surface area contributed by atoms with Crippen molar-refractivity contribution in [3.8, 4) is 5.75 Å². The van der Waals surface area contributed by atoms with Crippen molar-refractivity contribution in [3.63, 3.8) is 0 Å². The minimum atomic E-state index is -0.718. The summed E-state index contributed by atoms with van der Waals surface area (Å²) in [6.07, 6.45) is 4.99. The molecule has 2 aliphatic rings. The number of methoxy groups -OCH3 is 1. The summed E-state index contributed by atoms with van der Waals surface area (Å²) in [6, 6.07) is 3.03. The molecule has 124 valence electrons. The fraction of sp³-hybridized carbons (Fsp3) is 0.375. The highest BCUT2D eigenvalue weighted by Crippen LogP contribution is 2.35. The SMILES string of the molecule is COC(=O)[C@@H]1Cc2cc(Br)c(c(Br)c2)OC/C=C/CCC(=O)N1. The van der Waals surface area contributed by atoms with E-state index >= 15 is 0 Å². The number of hydrogen-bond donors (Lipinski definition) is 1. The zero-order valence-corrected chi connectivity index (χ0v) is 15.8. The van der Waals surface area contributed by atoms with Gasteiger partial charge in [0.2, 0.25) is 5.91 Å². The van der Waals surface area contributed by atoms with Gasteiger partial charge in [-0.25, -0.2) is 4.79 Å². The Kier molecular flexibility index (Phi) is 6.65. The van der Waals surface area contributed by atoms with E-state index < -0.39 is 12.0 Å². The van der Waals surface area contributed by atoms with Crippen LogP contribution in [0.15, 0.2) is 33.2 Å². The molecule has 2 bridgehead atoms. The Balaban J connectivity index is 2.34. The summed E-state index contributed by atoms with van der Waals surface area (Å²) in [5, 5.41) is 2.74. The molecule has 1 amide bonds. The fourth-order valence-corrected chi connectivity index (χ4v) is 3.75. The van der Waals surface area contributed by atoms with Crippen molar-refractivity contribution < 1.29 is 19.1 Å². The van der Waals surface area contributed by atoms with E-state index in [9.17, 15) is 9.59 Å². The monoisotopic (exact) mass is 445 g/mol. The van der Waals surface area contributed by atoms with Crippen LogP contribution in [0.1, 0.15) is 18.4 Å². The standard InChI is InChI=1S/C16H17Br2NO4/c1-22-16(21)13-9-10-7-11(17)15(12(18)8-10)23-6-4-2-3-5-14(20)19-13/h2,4,7-8,13H,3,5-6,9H2,1H3,(H,19,20)/b4-2+/t13-/m0/s1. The molecular formula is C16H17Br2NO4. The number of hydrogen-bond acceptors (Lipinski definition) is 4. The molecule has 0 saturated heterocycles. The van der Waals surface area contributed by atoms with Crippen LogP contribution in [0.4, 0.5) is 0 Å². The Morgan fingerprint density at radius 1 is 1.30 bits per heavy atom. The summed E-state index contributed by atoms with van der Waals surface area (Å²) in [4.78, 5) is 23.9. The summed E-state index contributed by atoms with van der Waals surface area (Å²) in [7, 11) is 1.31. The average Bonchev–Trinajstić information content (AvgIpc) is 2.50. The minimum absolute atomic E-state index is 0.183. The molecule has 1 aromatic rings. The normalized spacial score (nSPS) is 20.1.